The van der Waals surface area contributed by atoms with Gasteiger partial charge in [0.15, 0.2) is 0 Å². The molecule has 0 saturated carbocycles. The number of unbranched alkanes of at least 4 members (excludes halogenated alkanes) is 2. The van der Waals surface area contributed by atoms with E-state index in [-0.39, 0.29) is 6.61 Å². The van der Waals surface area contributed by atoms with Crippen molar-refractivity contribution >= 4 is 11.6 Å². The minimum atomic E-state index is 0.248. The van der Waals surface area contributed by atoms with Gasteiger partial charge in [0.25, 0.3) is 0 Å². The fourth-order valence-electron chi connectivity index (χ4n) is 1.82. The molecule has 0 spiro atoms. The van der Waals surface area contributed by atoms with Gasteiger partial charge in [-0.1, -0.05) is 30.7 Å². The number of hydrogen-bond donors (Lipinski definition) is 2. The number of halogens is 1. The lowest BCUT2D eigenvalue weighted by Crippen LogP contribution is -2.15. The molecule has 108 valence electrons. The van der Waals surface area contributed by atoms with E-state index in [0.717, 1.165) is 50.1 Å². The van der Waals surface area contributed by atoms with Crippen molar-refractivity contribution in [3.05, 3.63) is 28.8 Å². The SMILES string of the molecule is CCCNCc1cccc(Cl)c1OCCCCCO. The molecular weight excluding hydrogens is 262 g/mol. The number of aliphatic hydroxyl groups excluding tert-OH is 1. The van der Waals surface area contributed by atoms with Crippen LogP contribution < -0.4 is 10.1 Å². The van der Waals surface area contributed by atoms with Crippen LogP contribution in [0.4, 0.5) is 0 Å². The normalized spacial score (nSPS) is 10.7. The highest BCUT2D eigenvalue weighted by Gasteiger charge is 2.07. The minimum absolute atomic E-state index is 0.248. The Balaban J connectivity index is 2.49. The third kappa shape index (κ3) is 6.28. The standard InChI is InChI=1S/C15H24ClNO2/c1-2-9-17-12-13-7-6-8-14(16)15(13)19-11-5-3-4-10-18/h6-8,17-18H,2-5,9-12H2,1H3. The van der Waals surface area contributed by atoms with Gasteiger partial charge in [-0.2, -0.15) is 0 Å². The van der Waals surface area contributed by atoms with E-state index < -0.39 is 0 Å². The lowest BCUT2D eigenvalue weighted by Gasteiger charge is -2.13. The van der Waals surface area contributed by atoms with Gasteiger partial charge in [-0.25, -0.2) is 0 Å². The summed E-state index contributed by atoms with van der Waals surface area (Å²) in [4.78, 5) is 0. The summed E-state index contributed by atoms with van der Waals surface area (Å²) in [5, 5.41) is 12.7. The van der Waals surface area contributed by atoms with Crippen LogP contribution in [-0.4, -0.2) is 24.9 Å². The van der Waals surface area contributed by atoms with Crippen molar-refractivity contribution in [2.45, 2.75) is 39.2 Å². The first-order chi connectivity index (χ1) is 9.29. The van der Waals surface area contributed by atoms with E-state index in [1.165, 1.54) is 0 Å². The van der Waals surface area contributed by atoms with Crippen molar-refractivity contribution < 1.29 is 9.84 Å². The van der Waals surface area contributed by atoms with Crippen LogP contribution in [0.3, 0.4) is 0 Å². The van der Waals surface area contributed by atoms with Crippen molar-refractivity contribution in [2.75, 3.05) is 19.8 Å². The van der Waals surface area contributed by atoms with Crippen LogP contribution in [0.1, 0.15) is 38.2 Å². The molecule has 0 aliphatic heterocycles. The van der Waals surface area contributed by atoms with E-state index in [0.29, 0.717) is 11.6 Å². The largest absolute Gasteiger partial charge is 0.492 e. The fourth-order valence-corrected chi connectivity index (χ4v) is 2.07. The molecule has 0 aliphatic rings. The zero-order valence-corrected chi connectivity index (χ0v) is 12.4. The van der Waals surface area contributed by atoms with Crippen molar-refractivity contribution in [2.24, 2.45) is 0 Å². The van der Waals surface area contributed by atoms with Crippen LogP contribution in [0, 0.1) is 0 Å². The quantitative estimate of drug-likeness (QED) is 0.648. The molecule has 0 fully saturated rings. The summed E-state index contributed by atoms with van der Waals surface area (Å²) >= 11 is 6.19. The molecule has 0 aliphatic carbocycles. The van der Waals surface area contributed by atoms with Gasteiger partial charge >= 0.3 is 0 Å². The average Bonchev–Trinajstić information content (AvgIpc) is 2.41. The molecule has 19 heavy (non-hydrogen) atoms. The average molecular weight is 286 g/mol. The summed E-state index contributed by atoms with van der Waals surface area (Å²) in [5.41, 5.74) is 1.10. The van der Waals surface area contributed by atoms with Crippen molar-refractivity contribution in [3.8, 4) is 5.75 Å². The van der Waals surface area contributed by atoms with Crippen LogP contribution in [0.15, 0.2) is 18.2 Å². The Morgan fingerprint density at radius 2 is 2.11 bits per heavy atom. The zero-order valence-electron chi connectivity index (χ0n) is 11.6. The van der Waals surface area contributed by atoms with Crippen molar-refractivity contribution in [1.82, 2.24) is 5.32 Å². The monoisotopic (exact) mass is 285 g/mol. The van der Waals surface area contributed by atoms with Gasteiger partial charge in [-0.05, 0) is 38.3 Å². The molecular formula is C15H24ClNO2. The lowest BCUT2D eigenvalue weighted by molar-refractivity contribution is 0.265. The summed E-state index contributed by atoms with van der Waals surface area (Å²) in [7, 11) is 0. The Kier molecular flexibility index (Phi) is 8.63. The summed E-state index contributed by atoms with van der Waals surface area (Å²) in [5.74, 6) is 0.789. The maximum Gasteiger partial charge on any atom is 0.142 e. The van der Waals surface area contributed by atoms with Gasteiger partial charge < -0.3 is 15.2 Å². The predicted molar refractivity (Wildman–Crippen MR) is 79.9 cm³/mol. The number of benzene rings is 1. The number of nitrogens with one attached hydrogen (secondary N) is 1. The maximum atomic E-state index is 8.72. The highest BCUT2D eigenvalue weighted by atomic mass is 35.5. The molecule has 1 aromatic carbocycles. The predicted octanol–water partition coefficient (Wildman–Crippen LogP) is 3.38. The first-order valence-electron chi connectivity index (χ1n) is 7.01. The van der Waals surface area contributed by atoms with Crippen molar-refractivity contribution in [1.29, 1.82) is 0 Å². The third-order valence-corrected chi connectivity index (χ3v) is 3.14. The Morgan fingerprint density at radius 3 is 2.84 bits per heavy atom. The Morgan fingerprint density at radius 1 is 1.26 bits per heavy atom. The number of para-hydroxylation sites is 1. The van der Waals surface area contributed by atoms with Crippen LogP contribution >= 0.6 is 11.6 Å². The van der Waals surface area contributed by atoms with Gasteiger partial charge in [0.2, 0.25) is 0 Å². The molecule has 0 aromatic heterocycles. The highest BCUT2D eigenvalue weighted by molar-refractivity contribution is 6.32. The number of aliphatic hydroxyl groups is 1. The van der Waals surface area contributed by atoms with Gasteiger partial charge in [-0.15, -0.1) is 0 Å². The molecule has 0 unspecified atom stereocenters. The lowest BCUT2D eigenvalue weighted by atomic mass is 10.2. The first kappa shape index (κ1) is 16.3. The highest BCUT2D eigenvalue weighted by Crippen LogP contribution is 2.28. The molecule has 1 rings (SSSR count). The zero-order chi connectivity index (χ0) is 13.9. The minimum Gasteiger partial charge on any atom is -0.492 e. The van der Waals surface area contributed by atoms with Crippen LogP contribution in [0.5, 0.6) is 5.75 Å². The van der Waals surface area contributed by atoms with E-state index in [4.69, 9.17) is 21.4 Å². The first-order valence-corrected chi connectivity index (χ1v) is 7.39. The summed E-state index contributed by atoms with van der Waals surface area (Å²) in [6.45, 7) is 4.80. The second-order valence-corrected chi connectivity index (χ2v) is 4.94. The van der Waals surface area contributed by atoms with E-state index in [9.17, 15) is 0 Å². The van der Waals surface area contributed by atoms with Gasteiger partial charge in [0, 0.05) is 18.7 Å². The Labute approximate surface area is 120 Å². The van der Waals surface area contributed by atoms with Crippen LogP contribution in [-0.2, 0) is 6.54 Å². The molecule has 0 atom stereocenters. The third-order valence-electron chi connectivity index (χ3n) is 2.84. The van der Waals surface area contributed by atoms with E-state index >= 15 is 0 Å². The maximum absolute atomic E-state index is 8.72. The molecule has 0 amide bonds. The van der Waals surface area contributed by atoms with Crippen LogP contribution in [0.25, 0.3) is 0 Å². The fraction of sp³-hybridized carbons (Fsp3) is 0.600. The molecule has 0 bridgehead atoms. The topological polar surface area (TPSA) is 41.5 Å². The number of ether oxygens (including phenoxy) is 1. The van der Waals surface area contributed by atoms with E-state index in [1.807, 2.05) is 18.2 Å². The Hall–Kier alpha value is -0.770. The summed E-state index contributed by atoms with van der Waals surface area (Å²) in [6, 6.07) is 5.84. The summed E-state index contributed by atoms with van der Waals surface area (Å²) in [6.07, 6.45) is 3.85. The number of rotatable bonds is 10. The van der Waals surface area contributed by atoms with E-state index in [2.05, 4.69) is 12.2 Å². The molecule has 0 radical (unpaired) electrons. The molecule has 2 N–H and O–H groups in total. The molecule has 4 heteroatoms. The second kappa shape index (κ2) is 10.1. The van der Waals surface area contributed by atoms with E-state index in [1.54, 1.807) is 0 Å². The smallest absolute Gasteiger partial charge is 0.142 e. The molecule has 3 nitrogen and oxygen atoms in total. The van der Waals surface area contributed by atoms with Gasteiger partial charge in [0.05, 0.1) is 11.6 Å². The molecule has 0 saturated heterocycles. The molecule has 0 heterocycles. The van der Waals surface area contributed by atoms with Crippen molar-refractivity contribution in [3.63, 3.8) is 0 Å². The number of hydrogen-bond acceptors (Lipinski definition) is 3. The molecule has 1 aromatic rings. The van der Waals surface area contributed by atoms with Gasteiger partial charge in [-0.3, -0.25) is 0 Å². The second-order valence-electron chi connectivity index (χ2n) is 4.54. The van der Waals surface area contributed by atoms with Crippen LogP contribution in [0.2, 0.25) is 5.02 Å². The van der Waals surface area contributed by atoms with Gasteiger partial charge in [0.1, 0.15) is 5.75 Å². The Bertz CT molecular complexity index is 358. The summed E-state index contributed by atoms with van der Waals surface area (Å²) < 4.78 is 5.79.